The van der Waals surface area contributed by atoms with E-state index in [-0.39, 0.29) is 37.3 Å². The van der Waals surface area contributed by atoms with Crippen LogP contribution in [0.4, 0.5) is 10.5 Å². The number of rotatable bonds is 11. The Kier molecular flexibility index (Phi) is 10.6. The molecule has 4 aromatic carbocycles. The van der Waals surface area contributed by atoms with Crippen LogP contribution in [0.25, 0.3) is 0 Å². The van der Waals surface area contributed by atoms with Crippen LogP contribution in [0.5, 0.6) is 0 Å². The van der Waals surface area contributed by atoms with Crippen LogP contribution in [0, 0.1) is 5.41 Å². The van der Waals surface area contributed by atoms with Crippen molar-refractivity contribution in [3.63, 3.8) is 0 Å². The molecule has 0 spiro atoms. The summed E-state index contributed by atoms with van der Waals surface area (Å²) in [6.45, 7) is 1.01. The Bertz CT molecular complexity index is 1750. The topological polar surface area (TPSA) is 161 Å². The third kappa shape index (κ3) is 9.04. The summed E-state index contributed by atoms with van der Waals surface area (Å²) in [7, 11) is 0. The van der Waals surface area contributed by atoms with Crippen LogP contribution in [-0.4, -0.2) is 52.3 Å². The van der Waals surface area contributed by atoms with Crippen molar-refractivity contribution >= 4 is 35.4 Å². The lowest BCUT2D eigenvalue weighted by Gasteiger charge is -2.24. The number of hydrogen-bond acceptors (Lipinski definition) is 7. The van der Waals surface area contributed by atoms with Crippen LogP contribution in [-0.2, 0) is 40.4 Å². The molecule has 3 amide bonds. The summed E-state index contributed by atoms with van der Waals surface area (Å²) in [5.41, 5.74) is 4.83. The quantitative estimate of drug-likeness (QED) is 0.118. The van der Waals surface area contributed by atoms with E-state index in [1.54, 1.807) is 47.4 Å². The Morgan fingerprint density at radius 3 is 2.21 bits per heavy atom. The van der Waals surface area contributed by atoms with Gasteiger partial charge < -0.3 is 25.4 Å². The van der Waals surface area contributed by atoms with E-state index in [4.69, 9.17) is 10.1 Å². The highest BCUT2D eigenvalue weighted by Gasteiger charge is 2.31. The fourth-order valence-electron chi connectivity index (χ4n) is 5.16. The summed E-state index contributed by atoms with van der Waals surface area (Å²) in [4.78, 5) is 51.8. The molecule has 0 fully saturated rings. The van der Waals surface area contributed by atoms with Crippen molar-refractivity contribution < 1.29 is 29.0 Å². The minimum atomic E-state index is -1.10. The van der Waals surface area contributed by atoms with E-state index in [2.05, 4.69) is 16.0 Å². The van der Waals surface area contributed by atoms with Gasteiger partial charge in [-0.25, -0.2) is 4.79 Å². The van der Waals surface area contributed by atoms with Gasteiger partial charge in [0.05, 0.1) is 6.42 Å². The van der Waals surface area contributed by atoms with E-state index >= 15 is 0 Å². The maximum Gasteiger partial charge on any atom is 0.413 e. The number of carboxylic acids is 1. The monoisotopic (exact) mass is 633 g/mol. The first kappa shape index (κ1) is 32.4. The Hall–Kier alpha value is -5.97. The van der Waals surface area contributed by atoms with Crippen LogP contribution in [0.3, 0.4) is 0 Å². The number of amidine groups is 1. The number of nitrogens with one attached hydrogen (secondary N) is 4. The second-order valence-corrected chi connectivity index (χ2v) is 11.1. The Balaban J connectivity index is 1.17. The molecule has 0 aromatic heterocycles. The zero-order valence-electron chi connectivity index (χ0n) is 25.6. The summed E-state index contributed by atoms with van der Waals surface area (Å²) in [6.07, 6.45) is -0.500. The zero-order chi connectivity index (χ0) is 33.2. The predicted octanol–water partition coefficient (Wildman–Crippen LogP) is 4.71. The molecule has 5 rings (SSSR count). The fraction of sp³-hybridized carbons (Fsp3) is 0.194. The molecule has 1 unspecified atom stereocenters. The van der Waals surface area contributed by atoms with Crippen LogP contribution < -0.4 is 16.0 Å². The van der Waals surface area contributed by atoms with Gasteiger partial charge in [-0.15, -0.1) is 0 Å². The lowest BCUT2D eigenvalue weighted by molar-refractivity contribution is -0.141. The SMILES string of the molecule is N=C(NC(=O)OCc1ccccc1)c1ccc(CNC(=O)c2ccc3c(c2)NC(CC(=O)O)C(=O)N(CCc2ccccc2)C3)cc1. The molecule has 0 saturated carbocycles. The number of nitrogens with zero attached hydrogens (tertiary/aromatic N) is 1. The molecule has 1 aliphatic heterocycles. The largest absolute Gasteiger partial charge is 0.481 e. The average molecular weight is 634 g/mol. The highest BCUT2D eigenvalue weighted by Crippen LogP contribution is 2.26. The summed E-state index contributed by atoms with van der Waals surface area (Å²) < 4.78 is 5.17. The van der Waals surface area contributed by atoms with Crippen molar-refractivity contribution in [3.8, 4) is 0 Å². The number of ether oxygens (including phenoxy) is 1. The Labute approximate surface area is 272 Å². The van der Waals surface area contributed by atoms with Gasteiger partial charge in [0.25, 0.3) is 5.91 Å². The van der Waals surface area contributed by atoms with E-state index in [1.165, 1.54) is 0 Å². The molecule has 1 aliphatic rings. The van der Waals surface area contributed by atoms with Gasteiger partial charge >= 0.3 is 12.1 Å². The number of amides is 3. The number of benzene rings is 4. The highest BCUT2D eigenvalue weighted by molar-refractivity contribution is 6.04. The van der Waals surface area contributed by atoms with Gasteiger partial charge in [0.2, 0.25) is 5.91 Å². The first-order valence-electron chi connectivity index (χ1n) is 15.1. The maximum absolute atomic E-state index is 13.3. The number of fused-ring (bicyclic) bond motifs is 1. The van der Waals surface area contributed by atoms with Gasteiger partial charge in [-0.3, -0.25) is 25.1 Å². The molecule has 5 N–H and O–H groups in total. The maximum atomic E-state index is 13.3. The molecule has 240 valence electrons. The van der Waals surface area contributed by atoms with Crippen LogP contribution in [0.1, 0.15) is 44.6 Å². The minimum Gasteiger partial charge on any atom is -0.481 e. The lowest BCUT2D eigenvalue weighted by Crippen LogP contribution is -2.42. The second-order valence-electron chi connectivity index (χ2n) is 11.1. The normalized spacial score (nSPS) is 13.8. The van der Waals surface area contributed by atoms with Crippen molar-refractivity contribution in [2.45, 2.75) is 38.6 Å². The van der Waals surface area contributed by atoms with E-state index in [9.17, 15) is 24.3 Å². The van der Waals surface area contributed by atoms with Gasteiger partial charge in [0.15, 0.2) is 0 Å². The second kappa shape index (κ2) is 15.3. The van der Waals surface area contributed by atoms with Gasteiger partial charge in [-0.05, 0) is 40.8 Å². The van der Waals surface area contributed by atoms with Gasteiger partial charge in [-0.1, -0.05) is 91.0 Å². The molecular weight excluding hydrogens is 598 g/mol. The molecule has 0 radical (unpaired) electrons. The van der Waals surface area contributed by atoms with Crippen molar-refractivity contribution in [3.05, 3.63) is 137 Å². The molecule has 1 heterocycles. The van der Waals surface area contributed by atoms with Crippen LogP contribution in [0.15, 0.2) is 103 Å². The number of carboxylic acid groups (broad SMARTS) is 1. The van der Waals surface area contributed by atoms with E-state index < -0.39 is 24.5 Å². The summed E-state index contributed by atoms with van der Waals surface area (Å²) >= 11 is 0. The number of carbonyl (C=O) groups excluding carboxylic acids is 3. The predicted molar refractivity (Wildman–Crippen MR) is 176 cm³/mol. The smallest absolute Gasteiger partial charge is 0.413 e. The Morgan fingerprint density at radius 1 is 0.872 bits per heavy atom. The van der Waals surface area contributed by atoms with Crippen molar-refractivity contribution in [1.82, 2.24) is 15.5 Å². The lowest BCUT2D eigenvalue weighted by atomic mass is 10.1. The van der Waals surface area contributed by atoms with E-state index in [0.717, 1.165) is 22.3 Å². The number of anilines is 1. The van der Waals surface area contributed by atoms with Gasteiger partial charge in [0, 0.05) is 36.4 Å². The average Bonchev–Trinajstić information content (AvgIpc) is 3.21. The molecule has 4 aromatic rings. The van der Waals surface area contributed by atoms with E-state index in [0.29, 0.717) is 29.8 Å². The van der Waals surface area contributed by atoms with Gasteiger partial charge in [-0.2, -0.15) is 0 Å². The summed E-state index contributed by atoms with van der Waals surface area (Å²) in [5, 5.41) is 26.0. The molecule has 0 saturated heterocycles. The molecule has 11 heteroatoms. The van der Waals surface area contributed by atoms with Crippen molar-refractivity contribution in [1.29, 1.82) is 5.41 Å². The minimum absolute atomic E-state index is 0.0904. The van der Waals surface area contributed by atoms with Crippen LogP contribution in [0.2, 0.25) is 0 Å². The van der Waals surface area contributed by atoms with Gasteiger partial charge in [0.1, 0.15) is 18.5 Å². The summed E-state index contributed by atoms with van der Waals surface area (Å²) in [6, 6.07) is 29.9. The highest BCUT2D eigenvalue weighted by atomic mass is 16.5. The first-order chi connectivity index (χ1) is 22.7. The number of hydrogen-bond donors (Lipinski definition) is 5. The summed E-state index contributed by atoms with van der Waals surface area (Å²) in [5.74, 6) is -1.87. The Morgan fingerprint density at radius 2 is 1.53 bits per heavy atom. The molecule has 0 aliphatic carbocycles. The number of alkyl carbamates (subject to hydrolysis) is 1. The third-order valence-corrected chi connectivity index (χ3v) is 7.70. The molecular formula is C36H35N5O6. The van der Waals surface area contributed by atoms with Crippen molar-refractivity contribution in [2.75, 3.05) is 11.9 Å². The first-order valence-corrected chi connectivity index (χ1v) is 15.1. The fourth-order valence-corrected chi connectivity index (χ4v) is 5.16. The number of carbonyl (C=O) groups is 4. The number of aliphatic carboxylic acids is 1. The molecule has 47 heavy (non-hydrogen) atoms. The third-order valence-electron chi connectivity index (χ3n) is 7.70. The van der Waals surface area contributed by atoms with Crippen molar-refractivity contribution in [2.24, 2.45) is 0 Å². The zero-order valence-corrected chi connectivity index (χ0v) is 25.6. The van der Waals surface area contributed by atoms with Crippen LogP contribution >= 0.6 is 0 Å². The standard InChI is InChI=1S/C36H35N5O6/c37-33(40-36(46)47-23-26-9-5-2-6-10-26)27-13-11-25(12-14-27)21-38-34(44)28-15-16-29-22-41(18-17-24-7-3-1-4-8-24)35(45)31(20-32(42)43)39-30(29)19-28/h1-16,19,31,39H,17-18,20-23H2,(H,38,44)(H,42,43)(H2,37,40,46). The van der Waals surface area contributed by atoms with E-state index in [1.807, 2.05) is 60.7 Å². The molecule has 11 nitrogen and oxygen atoms in total. The molecule has 1 atom stereocenters. The molecule has 0 bridgehead atoms.